The molecule has 1 aliphatic carbocycles. The molecule has 0 aromatic heterocycles. The zero-order valence-electron chi connectivity index (χ0n) is 14.5. The summed E-state index contributed by atoms with van der Waals surface area (Å²) in [5.74, 6) is -0.0393. The molecule has 2 heterocycles. The predicted octanol–water partition coefficient (Wildman–Crippen LogP) is -0.424. The number of hydrogen-bond donors (Lipinski definition) is 0. The van der Waals surface area contributed by atoms with E-state index in [1.807, 2.05) is 18.9 Å². The quantitative estimate of drug-likeness (QED) is 0.639. The number of carbonyl (C=O) groups excluding carboxylic acids is 2. The topological polar surface area (TPSA) is 78.0 Å². The highest BCUT2D eigenvalue weighted by atomic mass is 32.2. The van der Waals surface area contributed by atoms with Crippen LogP contribution in [0.15, 0.2) is 0 Å². The molecule has 2 amide bonds. The van der Waals surface area contributed by atoms with Gasteiger partial charge in [-0.05, 0) is 33.2 Å². The van der Waals surface area contributed by atoms with Crippen LogP contribution in [0.3, 0.4) is 0 Å². The Hall–Kier alpha value is -1.15. The van der Waals surface area contributed by atoms with Crippen molar-refractivity contribution >= 4 is 21.7 Å². The number of piperazine rings is 1. The van der Waals surface area contributed by atoms with E-state index >= 15 is 0 Å². The summed E-state index contributed by atoms with van der Waals surface area (Å²) < 4.78 is 23.5. The van der Waals surface area contributed by atoms with E-state index in [1.165, 1.54) is 0 Å². The van der Waals surface area contributed by atoms with E-state index in [4.69, 9.17) is 0 Å². The number of likely N-dealkylation sites (N-methyl/N-ethyl adjacent to an activating group) is 1. The first-order valence-electron chi connectivity index (χ1n) is 8.78. The van der Waals surface area contributed by atoms with Crippen molar-refractivity contribution < 1.29 is 18.0 Å². The SMILES string of the molecule is CCN(C(=O)C1(C(=O)N2CCN(C)CC2)CC1)C1CCS(=O)(=O)C1. The van der Waals surface area contributed by atoms with Gasteiger partial charge in [-0.25, -0.2) is 8.42 Å². The number of hydrogen-bond acceptors (Lipinski definition) is 5. The fraction of sp³-hybridized carbons (Fsp3) is 0.875. The number of sulfone groups is 1. The first-order valence-corrected chi connectivity index (χ1v) is 10.6. The molecule has 2 saturated heterocycles. The first kappa shape index (κ1) is 17.7. The Labute approximate surface area is 143 Å². The molecule has 0 radical (unpaired) electrons. The maximum Gasteiger partial charge on any atom is 0.238 e. The molecule has 0 spiro atoms. The maximum absolute atomic E-state index is 13.1. The zero-order chi connectivity index (χ0) is 17.5. The van der Waals surface area contributed by atoms with Gasteiger partial charge in [-0.1, -0.05) is 0 Å². The van der Waals surface area contributed by atoms with Crippen LogP contribution in [0.4, 0.5) is 0 Å². The Morgan fingerprint density at radius 3 is 2.25 bits per heavy atom. The van der Waals surface area contributed by atoms with Crippen LogP contribution in [0.1, 0.15) is 26.2 Å². The van der Waals surface area contributed by atoms with E-state index in [9.17, 15) is 18.0 Å². The van der Waals surface area contributed by atoms with E-state index in [2.05, 4.69) is 4.90 Å². The van der Waals surface area contributed by atoms with Gasteiger partial charge in [-0.3, -0.25) is 9.59 Å². The first-order chi connectivity index (χ1) is 11.3. The largest absolute Gasteiger partial charge is 0.339 e. The van der Waals surface area contributed by atoms with Gasteiger partial charge >= 0.3 is 0 Å². The van der Waals surface area contributed by atoms with E-state index in [-0.39, 0.29) is 29.4 Å². The van der Waals surface area contributed by atoms with Gasteiger partial charge in [0.15, 0.2) is 9.84 Å². The minimum absolute atomic E-state index is 0.0331. The minimum Gasteiger partial charge on any atom is -0.339 e. The predicted molar refractivity (Wildman–Crippen MR) is 90.2 cm³/mol. The van der Waals surface area contributed by atoms with E-state index in [0.29, 0.717) is 38.9 Å². The lowest BCUT2D eigenvalue weighted by molar-refractivity contribution is -0.151. The van der Waals surface area contributed by atoms with Crippen LogP contribution in [0, 0.1) is 5.41 Å². The summed E-state index contributed by atoms with van der Waals surface area (Å²) in [6.07, 6.45) is 1.67. The highest BCUT2D eigenvalue weighted by molar-refractivity contribution is 7.91. The smallest absolute Gasteiger partial charge is 0.238 e. The third-order valence-corrected chi connectivity index (χ3v) is 7.36. The van der Waals surface area contributed by atoms with Gasteiger partial charge in [0.1, 0.15) is 5.41 Å². The molecule has 1 atom stereocenters. The molecule has 8 heteroatoms. The summed E-state index contributed by atoms with van der Waals surface area (Å²) in [6, 6.07) is -0.273. The van der Waals surface area contributed by atoms with Crippen LogP contribution in [0.25, 0.3) is 0 Å². The van der Waals surface area contributed by atoms with Gasteiger partial charge in [-0.15, -0.1) is 0 Å². The molecule has 24 heavy (non-hydrogen) atoms. The lowest BCUT2D eigenvalue weighted by Crippen LogP contribution is -2.54. The molecule has 0 N–H and O–H groups in total. The van der Waals surface area contributed by atoms with Gasteiger partial charge in [-0.2, -0.15) is 0 Å². The summed E-state index contributed by atoms with van der Waals surface area (Å²) in [5.41, 5.74) is -0.918. The van der Waals surface area contributed by atoms with Gasteiger partial charge < -0.3 is 14.7 Å². The lowest BCUT2D eigenvalue weighted by atomic mass is 10.0. The molecule has 2 aliphatic heterocycles. The number of amides is 2. The highest BCUT2D eigenvalue weighted by Gasteiger charge is 2.60. The van der Waals surface area contributed by atoms with Gasteiger partial charge in [0, 0.05) is 38.8 Å². The van der Waals surface area contributed by atoms with Crippen LogP contribution in [0.5, 0.6) is 0 Å². The van der Waals surface area contributed by atoms with Gasteiger partial charge in [0.2, 0.25) is 11.8 Å². The molecule has 1 unspecified atom stereocenters. The van der Waals surface area contributed by atoms with Crippen LogP contribution in [-0.4, -0.2) is 92.3 Å². The molecule has 3 rings (SSSR count). The second-order valence-corrected chi connectivity index (χ2v) is 9.55. The van der Waals surface area contributed by atoms with Crippen molar-refractivity contribution in [1.82, 2.24) is 14.7 Å². The van der Waals surface area contributed by atoms with Crippen LogP contribution >= 0.6 is 0 Å². The van der Waals surface area contributed by atoms with Crippen molar-refractivity contribution in [2.24, 2.45) is 5.41 Å². The molecule has 0 aromatic rings. The van der Waals surface area contributed by atoms with E-state index in [0.717, 1.165) is 13.1 Å². The summed E-state index contributed by atoms with van der Waals surface area (Å²) in [7, 11) is -1.02. The Morgan fingerprint density at radius 2 is 1.79 bits per heavy atom. The number of carbonyl (C=O) groups is 2. The van der Waals surface area contributed by atoms with Crippen molar-refractivity contribution in [2.75, 3.05) is 51.3 Å². The second kappa shape index (κ2) is 6.29. The fourth-order valence-electron chi connectivity index (χ4n) is 3.82. The zero-order valence-corrected chi connectivity index (χ0v) is 15.3. The summed E-state index contributed by atoms with van der Waals surface area (Å²) >= 11 is 0. The number of rotatable bonds is 4. The summed E-state index contributed by atoms with van der Waals surface area (Å²) in [6.45, 7) is 5.29. The van der Waals surface area contributed by atoms with E-state index in [1.54, 1.807) is 4.90 Å². The van der Waals surface area contributed by atoms with Crippen molar-refractivity contribution in [2.45, 2.75) is 32.2 Å². The minimum atomic E-state index is -3.05. The van der Waals surface area contributed by atoms with Gasteiger partial charge in [0.25, 0.3) is 0 Å². The van der Waals surface area contributed by atoms with Crippen molar-refractivity contribution in [3.8, 4) is 0 Å². The van der Waals surface area contributed by atoms with Crippen molar-refractivity contribution in [1.29, 1.82) is 0 Å². The Kier molecular flexibility index (Phi) is 4.63. The highest BCUT2D eigenvalue weighted by Crippen LogP contribution is 2.49. The van der Waals surface area contributed by atoms with Crippen molar-refractivity contribution in [3.63, 3.8) is 0 Å². The molecule has 3 fully saturated rings. The Bertz CT molecular complexity index is 621. The molecule has 7 nitrogen and oxygen atoms in total. The summed E-state index contributed by atoms with van der Waals surface area (Å²) in [4.78, 5) is 31.6. The normalized spacial score (nSPS) is 28.6. The third-order valence-electron chi connectivity index (χ3n) is 5.61. The van der Waals surface area contributed by atoms with Crippen LogP contribution in [-0.2, 0) is 19.4 Å². The van der Waals surface area contributed by atoms with Crippen LogP contribution in [0.2, 0.25) is 0 Å². The molecule has 1 saturated carbocycles. The molecule has 0 bridgehead atoms. The standard InChI is InChI=1S/C16H27N3O4S/c1-3-19(13-4-11-24(22,23)12-13)15(21)16(5-6-16)14(20)18-9-7-17(2)8-10-18/h13H,3-12H2,1-2H3. The second-order valence-electron chi connectivity index (χ2n) is 7.33. The van der Waals surface area contributed by atoms with E-state index < -0.39 is 15.3 Å². The molecule has 0 aromatic carbocycles. The Morgan fingerprint density at radius 1 is 1.17 bits per heavy atom. The third kappa shape index (κ3) is 3.18. The Balaban J connectivity index is 1.71. The fourth-order valence-corrected chi connectivity index (χ4v) is 5.55. The maximum atomic E-state index is 13.1. The summed E-state index contributed by atoms with van der Waals surface area (Å²) in [5, 5.41) is 0. The average molecular weight is 357 g/mol. The molecular formula is C16H27N3O4S. The number of nitrogens with zero attached hydrogens (tertiary/aromatic N) is 3. The van der Waals surface area contributed by atoms with Crippen LogP contribution < -0.4 is 0 Å². The molecule has 3 aliphatic rings. The van der Waals surface area contributed by atoms with Crippen molar-refractivity contribution in [3.05, 3.63) is 0 Å². The monoisotopic (exact) mass is 357 g/mol. The molecular weight excluding hydrogens is 330 g/mol. The van der Waals surface area contributed by atoms with Gasteiger partial charge in [0.05, 0.1) is 11.5 Å². The molecule has 136 valence electrons. The average Bonchev–Trinajstić information content (AvgIpc) is 3.28. The lowest BCUT2D eigenvalue weighted by Gasteiger charge is -2.36.